The number of amides is 1. The van der Waals surface area contributed by atoms with E-state index in [4.69, 9.17) is 0 Å². The summed E-state index contributed by atoms with van der Waals surface area (Å²) in [5.74, 6) is 0.637. The zero-order valence-electron chi connectivity index (χ0n) is 12.3. The van der Waals surface area contributed by atoms with Gasteiger partial charge in [-0.3, -0.25) is 4.79 Å². The van der Waals surface area contributed by atoms with E-state index in [9.17, 15) is 4.79 Å². The summed E-state index contributed by atoms with van der Waals surface area (Å²) in [6, 6.07) is 1.14. The van der Waals surface area contributed by atoms with Gasteiger partial charge in [-0.25, -0.2) is 0 Å². The number of hydrogen-bond acceptors (Lipinski definition) is 3. The number of carbonyl (C=O) groups excluding carboxylic acids is 1. The van der Waals surface area contributed by atoms with Crippen molar-refractivity contribution in [2.75, 3.05) is 26.2 Å². The molecule has 0 aromatic carbocycles. The maximum absolute atomic E-state index is 11.6. The summed E-state index contributed by atoms with van der Waals surface area (Å²) in [6.07, 6.45) is 2.30. The molecule has 0 aliphatic carbocycles. The van der Waals surface area contributed by atoms with Crippen molar-refractivity contribution in [1.29, 1.82) is 0 Å². The molecule has 0 aromatic heterocycles. The molecule has 0 spiro atoms. The van der Waals surface area contributed by atoms with E-state index >= 15 is 0 Å². The highest BCUT2D eigenvalue weighted by molar-refractivity contribution is 5.77. The van der Waals surface area contributed by atoms with E-state index in [0.717, 1.165) is 32.5 Å². The fraction of sp³-hybridized carbons (Fsp3) is 0.929. The molecule has 2 N–H and O–H groups in total. The molecule has 1 fully saturated rings. The first-order chi connectivity index (χ1) is 8.49. The van der Waals surface area contributed by atoms with Crippen LogP contribution in [-0.4, -0.2) is 49.1 Å². The fourth-order valence-corrected chi connectivity index (χ4v) is 2.24. The van der Waals surface area contributed by atoms with E-state index in [2.05, 4.69) is 43.2 Å². The Morgan fingerprint density at radius 1 is 1.22 bits per heavy atom. The highest BCUT2D eigenvalue weighted by Crippen LogP contribution is 2.12. The van der Waals surface area contributed by atoms with Crippen molar-refractivity contribution in [2.24, 2.45) is 5.92 Å². The Balaban J connectivity index is 2.12. The van der Waals surface area contributed by atoms with Crippen LogP contribution in [0.15, 0.2) is 0 Å². The first-order valence-electron chi connectivity index (χ1n) is 7.23. The number of nitrogens with zero attached hydrogens (tertiary/aromatic N) is 1. The van der Waals surface area contributed by atoms with Crippen molar-refractivity contribution in [3.8, 4) is 0 Å². The molecule has 4 nitrogen and oxygen atoms in total. The van der Waals surface area contributed by atoms with Gasteiger partial charge < -0.3 is 15.5 Å². The van der Waals surface area contributed by atoms with Crippen LogP contribution in [-0.2, 0) is 4.79 Å². The number of rotatable bonds is 6. The van der Waals surface area contributed by atoms with Crippen molar-refractivity contribution < 1.29 is 4.79 Å². The van der Waals surface area contributed by atoms with Crippen LogP contribution in [0, 0.1) is 5.92 Å². The zero-order valence-corrected chi connectivity index (χ0v) is 12.3. The molecule has 1 amide bonds. The normalized spacial score (nSPS) is 18.6. The Bertz CT molecular complexity index is 245. The minimum Gasteiger partial charge on any atom is -0.355 e. The third-order valence-electron chi connectivity index (χ3n) is 3.52. The third kappa shape index (κ3) is 5.83. The lowest BCUT2D eigenvalue weighted by Gasteiger charge is -2.34. The lowest BCUT2D eigenvalue weighted by Crippen LogP contribution is -2.47. The summed E-state index contributed by atoms with van der Waals surface area (Å²) in [5.41, 5.74) is 0. The average molecular weight is 255 g/mol. The molecule has 0 saturated carbocycles. The third-order valence-corrected chi connectivity index (χ3v) is 3.52. The topological polar surface area (TPSA) is 44.4 Å². The van der Waals surface area contributed by atoms with Gasteiger partial charge in [-0.05, 0) is 45.7 Å². The van der Waals surface area contributed by atoms with Crippen LogP contribution in [0.4, 0.5) is 0 Å². The zero-order chi connectivity index (χ0) is 13.5. The summed E-state index contributed by atoms with van der Waals surface area (Å²) in [4.78, 5) is 14.1. The van der Waals surface area contributed by atoms with E-state index in [-0.39, 0.29) is 5.91 Å². The minimum absolute atomic E-state index is 0.120. The SMILES string of the molecule is CC(C)CNC(=O)CNC1CCN(C(C)C)CC1. The Labute approximate surface area is 111 Å². The molecular weight excluding hydrogens is 226 g/mol. The molecular formula is C14H29N3O. The number of carbonyl (C=O) groups is 1. The molecule has 0 bridgehead atoms. The number of piperidine rings is 1. The van der Waals surface area contributed by atoms with Gasteiger partial charge >= 0.3 is 0 Å². The van der Waals surface area contributed by atoms with Gasteiger partial charge in [0.25, 0.3) is 0 Å². The Morgan fingerprint density at radius 2 is 1.83 bits per heavy atom. The van der Waals surface area contributed by atoms with E-state index in [0.29, 0.717) is 24.5 Å². The molecule has 1 aliphatic rings. The van der Waals surface area contributed by atoms with Crippen LogP contribution in [0.2, 0.25) is 0 Å². The molecule has 0 aromatic rings. The molecule has 106 valence electrons. The predicted octanol–water partition coefficient (Wildman–Crippen LogP) is 1.22. The van der Waals surface area contributed by atoms with Crippen LogP contribution < -0.4 is 10.6 Å². The molecule has 1 heterocycles. The van der Waals surface area contributed by atoms with Crippen molar-refractivity contribution in [2.45, 2.75) is 52.6 Å². The Kier molecular flexibility index (Phi) is 6.65. The molecule has 1 rings (SSSR count). The van der Waals surface area contributed by atoms with Crippen LogP contribution in [0.5, 0.6) is 0 Å². The van der Waals surface area contributed by atoms with E-state index in [1.54, 1.807) is 0 Å². The largest absolute Gasteiger partial charge is 0.355 e. The van der Waals surface area contributed by atoms with Crippen LogP contribution >= 0.6 is 0 Å². The quantitative estimate of drug-likeness (QED) is 0.750. The lowest BCUT2D eigenvalue weighted by atomic mass is 10.0. The van der Waals surface area contributed by atoms with Gasteiger partial charge in [0.2, 0.25) is 5.91 Å². The first kappa shape index (κ1) is 15.4. The van der Waals surface area contributed by atoms with Crippen molar-refractivity contribution in [3.05, 3.63) is 0 Å². The second-order valence-corrected chi connectivity index (χ2v) is 5.98. The van der Waals surface area contributed by atoms with Crippen LogP contribution in [0.25, 0.3) is 0 Å². The van der Waals surface area contributed by atoms with Crippen molar-refractivity contribution in [3.63, 3.8) is 0 Å². The fourth-order valence-electron chi connectivity index (χ4n) is 2.24. The summed E-state index contributed by atoms with van der Waals surface area (Å²) in [5, 5.41) is 6.30. The van der Waals surface area contributed by atoms with Gasteiger partial charge in [0.1, 0.15) is 0 Å². The monoisotopic (exact) mass is 255 g/mol. The van der Waals surface area contributed by atoms with Crippen LogP contribution in [0.1, 0.15) is 40.5 Å². The summed E-state index contributed by atoms with van der Waals surface area (Å²) in [7, 11) is 0. The molecule has 1 aliphatic heterocycles. The highest BCUT2D eigenvalue weighted by atomic mass is 16.1. The lowest BCUT2D eigenvalue weighted by molar-refractivity contribution is -0.120. The molecule has 18 heavy (non-hydrogen) atoms. The van der Waals surface area contributed by atoms with E-state index in [1.807, 2.05) is 0 Å². The van der Waals surface area contributed by atoms with Crippen molar-refractivity contribution >= 4 is 5.91 Å². The van der Waals surface area contributed by atoms with Gasteiger partial charge in [-0.1, -0.05) is 13.8 Å². The first-order valence-corrected chi connectivity index (χ1v) is 7.23. The minimum atomic E-state index is 0.120. The van der Waals surface area contributed by atoms with Gasteiger partial charge in [-0.2, -0.15) is 0 Å². The number of hydrogen-bond donors (Lipinski definition) is 2. The standard InChI is InChI=1S/C14H29N3O/c1-11(2)9-16-14(18)10-15-13-5-7-17(8-6-13)12(3)4/h11-13,15H,5-10H2,1-4H3,(H,16,18). The molecule has 4 heteroatoms. The van der Waals surface area contributed by atoms with Gasteiger partial charge in [0, 0.05) is 18.6 Å². The van der Waals surface area contributed by atoms with Crippen LogP contribution in [0.3, 0.4) is 0 Å². The van der Waals surface area contributed by atoms with Gasteiger partial charge in [0.05, 0.1) is 6.54 Å². The highest BCUT2D eigenvalue weighted by Gasteiger charge is 2.20. The Hall–Kier alpha value is -0.610. The second kappa shape index (κ2) is 7.74. The molecule has 0 radical (unpaired) electrons. The smallest absolute Gasteiger partial charge is 0.233 e. The van der Waals surface area contributed by atoms with Crippen molar-refractivity contribution in [1.82, 2.24) is 15.5 Å². The molecule has 1 saturated heterocycles. The second-order valence-electron chi connectivity index (χ2n) is 5.98. The van der Waals surface area contributed by atoms with E-state index in [1.165, 1.54) is 0 Å². The maximum atomic E-state index is 11.6. The summed E-state index contributed by atoms with van der Waals surface area (Å²) < 4.78 is 0. The maximum Gasteiger partial charge on any atom is 0.233 e. The van der Waals surface area contributed by atoms with Gasteiger partial charge in [-0.15, -0.1) is 0 Å². The van der Waals surface area contributed by atoms with Gasteiger partial charge in [0.15, 0.2) is 0 Å². The van der Waals surface area contributed by atoms with E-state index < -0.39 is 0 Å². The molecule has 0 atom stereocenters. The summed E-state index contributed by atoms with van der Waals surface area (Å²) in [6.45, 7) is 12.2. The Morgan fingerprint density at radius 3 is 2.33 bits per heavy atom. The summed E-state index contributed by atoms with van der Waals surface area (Å²) >= 11 is 0. The average Bonchev–Trinajstić information content (AvgIpc) is 2.34. The predicted molar refractivity (Wildman–Crippen MR) is 75.6 cm³/mol. The number of nitrogens with one attached hydrogen (secondary N) is 2. The molecule has 0 unspecified atom stereocenters. The number of likely N-dealkylation sites (tertiary alicyclic amines) is 1.